The third-order valence-corrected chi connectivity index (χ3v) is 4.88. The molecule has 2 aliphatic heterocycles. The highest BCUT2D eigenvalue weighted by atomic mass is 127. The first-order valence-corrected chi connectivity index (χ1v) is 9.09. The number of likely N-dealkylation sites (tertiary alicyclic amines) is 1. The van der Waals surface area contributed by atoms with Gasteiger partial charge >= 0.3 is 0 Å². The number of guanidine groups is 1. The van der Waals surface area contributed by atoms with E-state index in [0.717, 1.165) is 57.3 Å². The molecule has 3 rings (SSSR count). The molecule has 0 spiro atoms. The zero-order chi connectivity index (χ0) is 16.8. The van der Waals surface area contributed by atoms with Crippen LogP contribution in [-0.4, -0.2) is 56.9 Å². The lowest BCUT2D eigenvalue weighted by Crippen LogP contribution is -2.40. The van der Waals surface area contributed by atoms with Gasteiger partial charge in [0.15, 0.2) is 5.96 Å². The van der Waals surface area contributed by atoms with Gasteiger partial charge in [-0.3, -0.25) is 4.99 Å². The van der Waals surface area contributed by atoms with Gasteiger partial charge in [-0.1, -0.05) is 12.1 Å². The van der Waals surface area contributed by atoms with Crippen LogP contribution in [0.3, 0.4) is 0 Å². The van der Waals surface area contributed by atoms with Crippen molar-refractivity contribution >= 4 is 29.9 Å². The van der Waals surface area contributed by atoms with Gasteiger partial charge in [0, 0.05) is 32.2 Å². The van der Waals surface area contributed by atoms with Crippen LogP contribution in [0.1, 0.15) is 37.7 Å². The van der Waals surface area contributed by atoms with Crippen molar-refractivity contribution in [1.29, 1.82) is 0 Å². The van der Waals surface area contributed by atoms with Crippen LogP contribution in [0.25, 0.3) is 0 Å². The second kappa shape index (κ2) is 10.2. The van der Waals surface area contributed by atoms with Gasteiger partial charge in [0.2, 0.25) is 0 Å². The van der Waals surface area contributed by atoms with Crippen molar-refractivity contribution in [1.82, 2.24) is 10.2 Å². The molecule has 0 aromatic heterocycles. The van der Waals surface area contributed by atoms with E-state index in [2.05, 4.69) is 41.4 Å². The molecule has 2 aliphatic rings. The van der Waals surface area contributed by atoms with Crippen molar-refractivity contribution < 1.29 is 9.47 Å². The van der Waals surface area contributed by atoms with Crippen molar-refractivity contribution in [2.75, 3.05) is 39.9 Å². The molecule has 0 amide bonds. The van der Waals surface area contributed by atoms with Crippen LogP contribution in [0.5, 0.6) is 5.75 Å². The smallest absolute Gasteiger partial charge is 0.194 e. The molecule has 1 aromatic carbocycles. The summed E-state index contributed by atoms with van der Waals surface area (Å²) in [4.78, 5) is 7.20. The first-order chi connectivity index (χ1) is 11.8. The Labute approximate surface area is 168 Å². The third kappa shape index (κ3) is 5.48. The minimum atomic E-state index is 0. The molecule has 2 saturated heterocycles. The average Bonchev–Trinajstić information content (AvgIpc) is 3.30. The summed E-state index contributed by atoms with van der Waals surface area (Å²) in [5.74, 6) is 2.51. The summed E-state index contributed by atoms with van der Waals surface area (Å²) in [5, 5.41) is 3.44. The van der Waals surface area contributed by atoms with Gasteiger partial charge in [0.25, 0.3) is 0 Å². The SMILES string of the molecule is CCNC(=NCC1CCCO1)N1CCC(c2ccc(OC)cc2)C1.I. The van der Waals surface area contributed by atoms with E-state index in [1.165, 1.54) is 12.0 Å². The first kappa shape index (κ1) is 20.3. The molecule has 1 aromatic rings. The molecule has 140 valence electrons. The van der Waals surface area contributed by atoms with Crippen LogP contribution in [0.2, 0.25) is 0 Å². The maximum absolute atomic E-state index is 5.69. The minimum Gasteiger partial charge on any atom is -0.497 e. The maximum atomic E-state index is 5.69. The summed E-state index contributed by atoms with van der Waals surface area (Å²) in [7, 11) is 1.71. The second-order valence-corrected chi connectivity index (χ2v) is 6.53. The highest BCUT2D eigenvalue weighted by Crippen LogP contribution is 2.28. The summed E-state index contributed by atoms with van der Waals surface area (Å²) in [6.45, 7) is 6.75. The van der Waals surface area contributed by atoms with Crippen LogP contribution in [0.4, 0.5) is 0 Å². The lowest BCUT2D eigenvalue weighted by molar-refractivity contribution is 0.117. The molecular weight excluding hydrogens is 429 g/mol. The fourth-order valence-corrected chi connectivity index (χ4v) is 3.50. The van der Waals surface area contributed by atoms with E-state index in [0.29, 0.717) is 12.0 Å². The minimum absolute atomic E-state index is 0. The Hall–Kier alpha value is -1.02. The predicted molar refractivity (Wildman–Crippen MR) is 112 cm³/mol. The molecule has 5 nitrogen and oxygen atoms in total. The Morgan fingerprint density at radius 3 is 2.76 bits per heavy atom. The Morgan fingerprint density at radius 1 is 1.32 bits per heavy atom. The third-order valence-electron chi connectivity index (χ3n) is 4.88. The number of benzene rings is 1. The summed E-state index contributed by atoms with van der Waals surface area (Å²) >= 11 is 0. The second-order valence-electron chi connectivity index (χ2n) is 6.53. The van der Waals surface area contributed by atoms with Crippen molar-refractivity contribution in [3.63, 3.8) is 0 Å². The van der Waals surface area contributed by atoms with Gasteiger partial charge in [-0.25, -0.2) is 0 Å². The van der Waals surface area contributed by atoms with Crippen LogP contribution < -0.4 is 10.1 Å². The topological polar surface area (TPSA) is 46.1 Å². The van der Waals surface area contributed by atoms with E-state index < -0.39 is 0 Å². The predicted octanol–water partition coefficient (Wildman–Crippen LogP) is 3.25. The first-order valence-electron chi connectivity index (χ1n) is 9.09. The van der Waals surface area contributed by atoms with Crippen LogP contribution >= 0.6 is 24.0 Å². The van der Waals surface area contributed by atoms with E-state index in [-0.39, 0.29) is 24.0 Å². The molecule has 6 heteroatoms. The normalized spacial score (nSPS) is 23.4. The fraction of sp³-hybridized carbons (Fsp3) is 0.632. The van der Waals surface area contributed by atoms with Gasteiger partial charge in [0.05, 0.1) is 19.8 Å². The van der Waals surface area contributed by atoms with E-state index in [1.807, 2.05) is 0 Å². The Kier molecular flexibility index (Phi) is 8.29. The number of nitrogens with zero attached hydrogens (tertiary/aromatic N) is 2. The van der Waals surface area contributed by atoms with Gasteiger partial charge in [-0.05, 0) is 43.9 Å². The van der Waals surface area contributed by atoms with Gasteiger partial charge in [-0.15, -0.1) is 24.0 Å². The van der Waals surface area contributed by atoms with Crippen LogP contribution in [0, 0.1) is 0 Å². The molecule has 2 atom stereocenters. The van der Waals surface area contributed by atoms with Crippen molar-refractivity contribution in [3.8, 4) is 5.75 Å². The highest BCUT2D eigenvalue weighted by Gasteiger charge is 2.26. The summed E-state index contributed by atoms with van der Waals surface area (Å²) in [5.41, 5.74) is 1.38. The lowest BCUT2D eigenvalue weighted by Gasteiger charge is -2.22. The molecule has 0 saturated carbocycles. The molecular formula is C19H30IN3O2. The van der Waals surface area contributed by atoms with Gasteiger partial charge in [0.1, 0.15) is 5.75 Å². The Morgan fingerprint density at radius 2 is 2.12 bits per heavy atom. The Bertz CT molecular complexity index is 544. The Balaban J connectivity index is 0.00000225. The van der Waals surface area contributed by atoms with Crippen molar-refractivity contribution in [3.05, 3.63) is 29.8 Å². The van der Waals surface area contributed by atoms with E-state index in [1.54, 1.807) is 7.11 Å². The molecule has 2 fully saturated rings. The van der Waals surface area contributed by atoms with E-state index in [9.17, 15) is 0 Å². The van der Waals surface area contributed by atoms with Crippen LogP contribution in [0.15, 0.2) is 29.3 Å². The van der Waals surface area contributed by atoms with Gasteiger partial charge < -0.3 is 19.7 Å². The van der Waals surface area contributed by atoms with E-state index in [4.69, 9.17) is 14.5 Å². The van der Waals surface area contributed by atoms with Crippen molar-refractivity contribution in [2.24, 2.45) is 4.99 Å². The quantitative estimate of drug-likeness (QED) is 0.417. The molecule has 0 bridgehead atoms. The molecule has 25 heavy (non-hydrogen) atoms. The summed E-state index contributed by atoms with van der Waals surface area (Å²) < 4.78 is 10.9. The number of halogens is 1. The number of ether oxygens (including phenoxy) is 2. The average molecular weight is 459 g/mol. The molecule has 0 aliphatic carbocycles. The molecule has 2 heterocycles. The van der Waals surface area contributed by atoms with Gasteiger partial charge in [-0.2, -0.15) is 0 Å². The van der Waals surface area contributed by atoms with E-state index >= 15 is 0 Å². The maximum Gasteiger partial charge on any atom is 0.194 e. The molecule has 0 radical (unpaired) electrons. The number of rotatable bonds is 5. The lowest BCUT2D eigenvalue weighted by atomic mass is 9.98. The number of nitrogens with one attached hydrogen (secondary N) is 1. The number of methoxy groups -OCH3 is 1. The molecule has 2 unspecified atom stereocenters. The standard InChI is InChI=1S/C19H29N3O2.HI/c1-3-20-19(21-13-18-5-4-12-24-18)22-11-10-16(14-22)15-6-8-17(23-2)9-7-15;/h6-9,16,18H,3-5,10-14H2,1-2H3,(H,20,21);1H. The number of aliphatic imine (C=N–C) groups is 1. The highest BCUT2D eigenvalue weighted by molar-refractivity contribution is 14.0. The van der Waals surface area contributed by atoms with Crippen LogP contribution in [-0.2, 0) is 4.74 Å². The zero-order valence-corrected chi connectivity index (χ0v) is 17.6. The summed E-state index contributed by atoms with van der Waals surface area (Å²) in [6, 6.07) is 8.47. The van der Waals surface area contributed by atoms with Crippen molar-refractivity contribution in [2.45, 2.75) is 38.2 Å². The fourth-order valence-electron chi connectivity index (χ4n) is 3.50. The largest absolute Gasteiger partial charge is 0.497 e. The number of hydrogen-bond acceptors (Lipinski definition) is 3. The monoisotopic (exact) mass is 459 g/mol. The zero-order valence-electron chi connectivity index (χ0n) is 15.2. The molecule has 1 N–H and O–H groups in total. The summed E-state index contributed by atoms with van der Waals surface area (Å²) in [6.07, 6.45) is 3.77. The number of hydrogen-bond donors (Lipinski definition) is 1.